The minimum atomic E-state index is -3.53. The molecule has 1 aromatic carbocycles. The average molecular weight is 370 g/mol. The lowest BCUT2D eigenvalue weighted by atomic mass is 10.1. The molecule has 1 atom stereocenters. The number of hydrogen-bond acceptors (Lipinski definition) is 3. The lowest BCUT2D eigenvalue weighted by Crippen LogP contribution is -2.56. The van der Waals surface area contributed by atoms with Gasteiger partial charge in [-0.15, -0.1) is 5.54 Å². The Morgan fingerprint density at radius 3 is 2.54 bits per heavy atom. The molecule has 1 aromatic rings. The molecule has 1 unspecified atom stereocenters. The van der Waals surface area contributed by atoms with Gasteiger partial charge in [0.05, 0.1) is 6.54 Å². The van der Waals surface area contributed by atoms with Crippen molar-refractivity contribution in [3.05, 3.63) is 30.3 Å². The molecule has 1 saturated heterocycles. The molecular formula is C17H21F2NO2SSi. The van der Waals surface area contributed by atoms with E-state index >= 15 is 0 Å². The predicted octanol–water partition coefficient (Wildman–Crippen LogP) is 3.56. The molecule has 1 aliphatic heterocycles. The van der Waals surface area contributed by atoms with Gasteiger partial charge in [0.1, 0.15) is 8.07 Å². The maximum atomic E-state index is 14.8. The molecule has 1 fully saturated rings. The van der Waals surface area contributed by atoms with Crippen LogP contribution >= 0.6 is 11.8 Å². The molecule has 24 heavy (non-hydrogen) atoms. The molecule has 0 saturated carbocycles. The number of aliphatic hydroxyl groups is 1. The van der Waals surface area contributed by atoms with Crippen molar-refractivity contribution in [1.82, 2.24) is 4.90 Å². The van der Waals surface area contributed by atoms with E-state index < -0.39 is 25.0 Å². The zero-order valence-electron chi connectivity index (χ0n) is 14.0. The summed E-state index contributed by atoms with van der Waals surface area (Å²) in [6, 6.07) is 8.13. The van der Waals surface area contributed by atoms with Crippen LogP contribution in [0.1, 0.15) is 12.8 Å². The van der Waals surface area contributed by atoms with Crippen LogP contribution in [-0.2, 0) is 4.79 Å². The number of carbonyl (C=O) groups excluding carboxylic acids is 1. The van der Waals surface area contributed by atoms with Crippen LogP contribution in [0.25, 0.3) is 0 Å². The summed E-state index contributed by atoms with van der Waals surface area (Å²) in [6.07, 6.45) is -0.399. The smallest absolute Gasteiger partial charge is 0.344 e. The SMILES string of the molecule is C[Si](C)(C)C#CCN1C(=O)CCC1(O)C(F)(F)Sc1ccccc1. The van der Waals surface area contributed by atoms with Crippen molar-refractivity contribution in [2.45, 2.75) is 48.4 Å². The first-order valence-electron chi connectivity index (χ1n) is 7.70. The van der Waals surface area contributed by atoms with Crippen LogP contribution in [0.5, 0.6) is 0 Å². The summed E-state index contributed by atoms with van der Waals surface area (Å²) in [7, 11) is -1.68. The Hall–Kier alpha value is -1.36. The molecule has 0 radical (unpaired) electrons. The van der Waals surface area contributed by atoms with Crippen LogP contribution in [0.2, 0.25) is 19.6 Å². The lowest BCUT2D eigenvalue weighted by molar-refractivity contribution is -0.195. The first kappa shape index (κ1) is 19.0. The summed E-state index contributed by atoms with van der Waals surface area (Å²) in [5, 5.41) is 7.09. The molecule has 0 aliphatic carbocycles. The van der Waals surface area contributed by atoms with Gasteiger partial charge in [-0.1, -0.05) is 43.8 Å². The molecule has 0 aromatic heterocycles. The van der Waals surface area contributed by atoms with Gasteiger partial charge >= 0.3 is 5.25 Å². The van der Waals surface area contributed by atoms with E-state index in [0.29, 0.717) is 4.90 Å². The Balaban J connectivity index is 2.23. The van der Waals surface area contributed by atoms with Crippen LogP contribution in [-0.4, -0.2) is 41.5 Å². The van der Waals surface area contributed by atoms with Gasteiger partial charge in [-0.2, -0.15) is 8.78 Å². The van der Waals surface area contributed by atoms with E-state index in [4.69, 9.17) is 0 Å². The first-order valence-corrected chi connectivity index (χ1v) is 12.0. The molecule has 3 nitrogen and oxygen atoms in total. The number of carbonyl (C=O) groups is 1. The van der Waals surface area contributed by atoms with Gasteiger partial charge in [-0.3, -0.25) is 9.69 Å². The fourth-order valence-corrected chi connectivity index (χ4v) is 3.96. The third-order valence-corrected chi connectivity index (χ3v) is 5.61. The Morgan fingerprint density at radius 1 is 1.33 bits per heavy atom. The van der Waals surface area contributed by atoms with Gasteiger partial charge in [0, 0.05) is 17.7 Å². The van der Waals surface area contributed by atoms with Crippen LogP contribution in [0, 0.1) is 11.5 Å². The second kappa shape index (κ2) is 6.87. The van der Waals surface area contributed by atoms with Gasteiger partial charge in [-0.05, 0) is 23.9 Å². The van der Waals surface area contributed by atoms with Gasteiger partial charge in [0.25, 0.3) is 0 Å². The largest absolute Gasteiger partial charge is 0.365 e. The number of nitrogens with zero attached hydrogens (tertiary/aromatic N) is 1. The fraction of sp³-hybridized carbons (Fsp3) is 0.471. The summed E-state index contributed by atoms with van der Waals surface area (Å²) in [4.78, 5) is 13.2. The van der Waals surface area contributed by atoms with Crippen molar-refractivity contribution in [2.24, 2.45) is 0 Å². The summed E-state index contributed by atoms with van der Waals surface area (Å²) in [5.41, 5.74) is 0.525. The number of rotatable bonds is 4. The maximum absolute atomic E-state index is 14.8. The predicted molar refractivity (Wildman–Crippen MR) is 94.3 cm³/mol. The second-order valence-electron chi connectivity index (χ2n) is 6.78. The number of thioether (sulfide) groups is 1. The Bertz CT molecular complexity index is 667. The third kappa shape index (κ3) is 4.18. The molecule has 1 N–H and O–H groups in total. The van der Waals surface area contributed by atoms with Crippen molar-refractivity contribution >= 4 is 25.7 Å². The minimum Gasteiger partial charge on any atom is -0.365 e. The summed E-state index contributed by atoms with van der Waals surface area (Å²) in [6.45, 7) is 5.90. The summed E-state index contributed by atoms with van der Waals surface area (Å²) in [5.74, 6) is 2.31. The molecule has 7 heteroatoms. The van der Waals surface area contributed by atoms with Crippen molar-refractivity contribution in [1.29, 1.82) is 0 Å². The molecule has 0 spiro atoms. The van der Waals surface area contributed by atoms with E-state index in [0.717, 1.165) is 4.90 Å². The standard InChI is InChI=1S/C17H21F2NO2SSi/c1-24(2,3)13-7-12-20-15(21)10-11-16(20,22)17(18,19)23-14-8-5-4-6-9-14/h4-6,8-9,22H,10-12H2,1-3H3. The quantitative estimate of drug-likeness (QED) is 0.501. The average Bonchev–Trinajstić information content (AvgIpc) is 2.76. The molecule has 1 aliphatic rings. The minimum absolute atomic E-state index is 0.101. The van der Waals surface area contributed by atoms with Crippen molar-refractivity contribution in [3.8, 4) is 11.5 Å². The highest BCUT2D eigenvalue weighted by atomic mass is 32.2. The summed E-state index contributed by atoms with van der Waals surface area (Å²) >= 11 is 0.270. The molecular weight excluding hydrogens is 348 g/mol. The molecule has 0 bridgehead atoms. The van der Waals surface area contributed by atoms with Crippen molar-refractivity contribution < 1.29 is 18.7 Å². The van der Waals surface area contributed by atoms with E-state index in [1.165, 1.54) is 0 Å². The first-order chi connectivity index (χ1) is 11.1. The molecule has 1 heterocycles. The van der Waals surface area contributed by atoms with Gasteiger partial charge in [-0.25, -0.2) is 0 Å². The summed E-state index contributed by atoms with van der Waals surface area (Å²) < 4.78 is 29.5. The van der Waals surface area contributed by atoms with E-state index in [9.17, 15) is 18.7 Å². The highest BCUT2D eigenvalue weighted by molar-refractivity contribution is 8.00. The van der Waals surface area contributed by atoms with Gasteiger partial charge in [0.15, 0.2) is 0 Å². The molecule has 1 amide bonds. The molecule has 130 valence electrons. The van der Waals surface area contributed by atoms with E-state index in [1.54, 1.807) is 30.3 Å². The number of hydrogen-bond donors (Lipinski definition) is 1. The third-order valence-electron chi connectivity index (χ3n) is 3.59. The maximum Gasteiger partial charge on any atom is 0.344 e. The highest BCUT2D eigenvalue weighted by Crippen LogP contribution is 2.49. The fourth-order valence-electron chi connectivity index (χ4n) is 2.38. The van der Waals surface area contributed by atoms with Crippen molar-refractivity contribution in [3.63, 3.8) is 0 Å². The number of amides is 1. The Labute approximate surface area is 146 Å². The zero-order valence-corrected chi connectivity index (χ0v) is 15.8. The monoisotopic (exact) mass is 369 g/mol. The Kier molecular flexibility index (Phi) is 5.43. The highest BCUT2D eigenvalue weighted by Gasteiger charge is 2.61. The van der Waals surface area contributed by atoms with Gasteiger partial charge in [0.2, 0.25) is 11.6 Å². The zero-order chi connectivity index (χ0) is 18.0. The van der Waals surface area contributed by atoms with E-state index in [2.05, 4.69) is 11.5 Å². The topological polar surface area (TPSA) is 40.5 Å². The number of alkyl halides is 2. The number of likely N-dealkylation sites (tertiary alicyclic amines) is 1. The number of halogens is 2. The van der Waals surface area contributed by atoms with E-state index in [1.807, 2.05) is 19.6 Å². The van der Waals surface area contributed by atoms with Crippen LogP contribution in [0.4, 0.5) is 8.78 Å². The van der Waals surface area contributed by atoms with Crippen LogP contribution < -0.4 is 0 Å². The van der Waals surface area contributed by atoms with Gasteiger partial charge < -0.3 is 5.11 Å². The van der Waals surface area contributed by atoms with E-state index in [-0.39, 0.29) is 31.1 Å². The molecule has 2 rings (SSSR count). The normalized spacial score (nSPS) is 21.6. The lowest BCUT2D eigenvalue weighted by Gasteiger charge is -2.38. The second-order valence-corrected chi connectivity index (χ2v) is 12.7. The Morgan fingerprint density at radius 2 is 1.96 bits per heavy atom. The van der Waals surface area contributed by atoms with Crippen molar-refractivity contribution in [2.75, 3.05) is 6.54 Å². The number of benzene rings is 1. The van der Waals surface area contributed by atoms with Crippen LogP contribution in [0.3, 0.4) is 0 Å². The van der Waals surface area contributed by atoms with Crippen LogP contribution in [0.15, 0.2) is 35.2 Å².